The average Bonchev–Trinajstić information content (AvgIpc) is 2.87. The molecule has 2 heteroatoms. The first-order chi connectivity index (χ1) is 8.06. The molecule has 1 fully saturated rings. The van der Waals surface area contributed by atoms with Crippen molar-refractivity contribution in [1.82, 2.24) is 0 Å². The van der Waals surface area contributed by atoms with Crippen LogP contribution in [0, 0.1) is 5.41 Å². The van der Waals surface area contributed by atoms with Gasteiger partial charge in [-0.15, -0.1) is 0 Å². The lowest BCUT2D eigenvalue weighted by molar-refractivity contribution is -0.159. The van der Waals surface area contributed by atoms with Crippen LogP contribution >= 0.6 is 0 Å². The van der Waals surface area contributed by atoms with Gasteiger partial charge in [-0.2, -0.15) is 0 Å². The van der Waals surface area contributed by atoms with Crippen LogP contribution in [0.2, 0.25) is 0 Å². The quantitative estimate of drug-likeness (QED) is 0.656. The number of carbonyl (C=O) groups is 1. The molecule has 1 aliphatic carbocycles. The van der Waals surface area contributed by atoms with E-state index in [0.717, 1.165) is 19.3 Å². The van der Waals surface area contributed by atoms with Gasteiger partial charge in [0, 0.05) is 0 Å². The second kappa shape index (κ2) is 10.6. The van der Waals surface area contributed by atoms with Gasteiger partial charge in [-0.1, -0.05) is 34.6 Å². The summed E-state index contributed by atoms with van der Waals surface area (Å²) in [5, 5.41) is 0. The Balaban J connectivity index is 0. The molecule has 104 valence electrons. The van der Waals surface area contributed by atoms with Crippen molar-refractivity contribution >= 4 is 5.97 Å². The Morgan fingerprint density at radius 3 is 1.88 bits per heavy atom. The van der Waals surface area contributed by atoms with Gasteiger partial charge in [0.1, 0.15) is 6.10 Å². The predicted molar refractivity (Wildman–Crippen MR) is 75.1 cm³/mol. The zero-order valence-corrected chi connectivity index (χ0v) is 12.9. The van der Waals surface area contributed by atoms with Crippen LogP contribution in [0.25, 0.3) is 0 Å². The zero-order valence-electron chi connectivity index (χ0n) is 12.9. The van der Waals surface area contributed by atoms with Gasteiger partial charge in [-0.25, -0.2) is 0 Å². The zero-order chi connectivity index (χ0) is 13.9. The molecule has 0 atom stereocenters. The highest BCUT2D eigenvalue weighted by atomic mass is 16.5. The molecule has 2 nitrogen and oxygen atoms in total. The Morgan fingerprint density at radius 2 is 1.53 bits per heavy atom. The Labute approximate surface area is 108 Å². The molecule has 0 radical (unpaired) electrons. The molecule has 0 aromatic heterocycles. The highest BCUT2D eigenvalue weighted by Crippen LogP contribution is 2.27. The third kappa shape index (κ3) is 7.40. The van der Waals surface area contributed by atoms with Crippen molar-refractivity contribution in [3.63, 3.8) is 0 Å². The molecule has 1 aliphatic rings. The second-order valence-electron chi connectivity index (χ2n) is 4.55. The minimum absolute atomic E-state index is 0.0260. The van der Waals surface area contributed by atoms with Crippen LogP contribution in [0.1, 0.15) is 80.6 Å². The normalized spacial score (nSPS) is 15.2. The van der Waals surface area contributed by atoms with E-state index in [1.165, 1.54) is 12.8 Å². The van der Waals surface area contributed by atoms with Crippen LogP contribution in [-0.2, 0) is 9.53 Å². The summed E-state index contributed by atoms with van der Waals surface area (Å²) in [5.74, 6) is -0.0260. The molecule has 0 saturated heterocycles. The molecule has 17 heavy (non-hydrogen) atoms. The Bertz CT molecular complexity index is 179. The van der Waals surface area contributed by atoms with E-state index in [0.29, 0.717) is 0 Å². The molecular weight excluding hydrogens is 212 g/mol. The van der Waals surface area contributed by atoms with Gasteiger partial charge in [-0.05, 0) is 46.0 Å². The molecule has 0 aromatic carbocycles. The highest BCUT2D eigenvalue weighted by molar-refractivity contribution is 5.75. The lowest BCUT2D eigenvalue weighted by atomic mass is 9.90. The number of hydrogen-bond donors (Lipinski definition) is 0. The molecule has 0 aromatic rings. The van der Waals surface area contributed by atoms with E-state index in [-0.39, 0.29) is 17.5 Å². The molecule has 0 unspecified atom stereocenters. The molecule has 1 saturated carbocycles. The monoisotopic (exact) mass is 244 g/mol. The van der Waals surface area contributed by atoms with Crippen molar-refractivity contribution < 1.29 is 9.53 Å². The maximum absolute atomic E-state index is 11.6. The molecule has 1 rings (SSSR count). The number of carbonyl (C=O) groups excluding carboxylic acids is 1. The van der Waals surface area contributed by atoms with E-state index in [1.54, 1.807) is 0 Å². The molecule has 0 N–H and O–H groups in total. The van der Waals surface area contributed by atoms with Gasteiger partial charge in [0.2, 0.25) is 0 Å². The Hall–Kier alpha value is -0.530. The molecule has 0 aliphatic heterocycles. The summed E-state index contributed by atoms with van der Waals surface area (Å²) in [6, 6.07) is 0. The number of rotatable bonds is 3. The van der Waals surface area contributed by atoms with E-state index < -0.39 is 0 Å². The number of esters is 1. The molecule has 0 spiro atoms. The summed E-state index contributed by atoms with van der Waals surface area (Å²) >= 11 is 0. The van der Waals surface area contributed by atoms with E-state index in [4.69, 9.17) is 4.74 Å². The van der Waals surface area contributed by atoms with Crippen molar-refractivity contribution in [1.29, 1.82) is 0 Å². The average molecular weight is 244 g/mol. The Kier molecular flexibility index (Phi) is 11.8. The first kappa shape index (κ1) is 18.8. The maximum Gasteiger partial charge on any atom is 0.311 e. The smallest absolute Gasteiger partial charge is 0.311 e. The van der Waals surface area contributed by atoms with Crippen LogP contribution in [0.4, 0.5) is 0 Å². The fourth-order valence-electron chi connectivity index (χ4n) is 1.46. The minimum Gasteiger partial charge on any atom is -0.462 e. The van der Waals surface area contributed by atoms with Gasteiger partial charge in [0.15, 0.2) is 0 Å². The fourth-order valence-corrected chi connectivity index (χ4v) is 1.46. The lowest BCUT2D eigenvalue weighted by Gasteiger charge is -2.23. The summed E-state index contributed by atoms with van der Waals surface area (Å²) in [6.45, 7) is 13.9. The number of hydrogen-bond acceptors (Lipinski definition) is 2. The standard InChI is InChI=1S/C11H20O2.2C2H6/c1-4-11(2,3)10(12)13-9-7-5-6-8-9;2*1-2/h9H,4-8H2,1-3H3;2*1-2H3. The van der Waals surface area contributed by atoms with Crippen molar-refractivity contribution in [2.24, 2.45) is 5.41 Å². The van der Waals surface area contributed by atoms with E-state index >= 15 is 0 Å². The summed E-state index contributed by atoms with van der Waals surface area (Å²) in [4.78, 5) is 11.6. The third-order valence-electron chi connectivity index (χ3n) is 3.01. The summed E-state index contributed by atoms with van der Waals surface area (Å²) in [7, 11) is 0. The van der Waals surface area contributed by atoms with Gasteiger partial charge < -0.3 is 4.74 Å². The minimum atomic E-state index is -0.303. The highest BCUT2D eigenvalue weighted by Gasteiger charge is 2.30. The van der Waals surface area contributed by atoms with Crippen LogP contribution in [0.3, 0.4) is 0 Å². The SMILES string of the molecule is CC.CC.CCC(C)(C)C(=O)OC1CCCC1. The van der Waals surface area contributed by atoms with Crippen molar-refractivity contribution in [3.05, 3.63) is 0 Å². The van der Waals surface area contributed by atoms with Gasteiger partial charge >= 0.3 is 5.97 Å². The first-order valence-corrected chi connectivity index (χ1v) is 7.27. The van der Waals surface area contributed by atoms with Crippen molar-refractivity contribution in [3.8, 4) is 0 Å². The largest absolute Gasteiger partial charge is 0.462 e. The topological polar surface area (TPSA) is 26.3 Å². The van der Waals surface area contributed by atoms with Crippen molar-refractivity contribution in [2.45, 2.75) is 86.7 Å². The summed E-state index contributed by atoms with van der Waals surface area (Å²) in [6.07, 6.45) is 5.60. The van der Waals surface area contributed by atoms with Crippen molar-refractivity contribution in [2.75, 3.05) is 0 Å². The molecule has 0 bridgehead atoms. The molecular formula is C15H32O2. The summed E-state index contributed by atoms with van der Waals surface area (Å²) < 4.78 is 5.43. The van der Waals surface area contributed by atoms with E-state index in [1.807, 2.05) is 48.5 Å². The Morgan fingerprint density at radius 1 is 1.12 bits per heavy atom. The van der Waals surface area contributed by atoms with Crippen LogP contribution in [-0.4, -0.2) is 12.1 Å². The fraction of sp³-hybridized carbons (Fsp3) is 0.933. The predicted octanol–water partition coefficient (Wildman–Crippen LogP) is 4.96. The van der Waals surface area contributed by atoms with Crippen LogP contribution in [0.5, 0.6) is 0 Å². The third-order valence-corrected chi connectivity index (χ3v) is 3.01. The van der Waals surface area contributed by atoms with Crippen LogP contribution in [0.15, 0.2) is 0 Å². The van der Waals surface area contributed by atoms with E-state index in [2.05, 4.69) is 0 Å². The number of ether oxygens (including phenoxy) is 1. The maximum atomic E-state index is 11.6. The van der Waals surface area contributed by atoms with Crippen LogP contribution < -0.4 is 0 Å². The second-order valence-corrected chi connectivity index (χ2v) is 4.55. The van der Waals surface area contributed by atoms with Gasteiger partial charge in [-0.3, -0.25) is 4.79 Å². The molecule has 0 heterocycles. The lowest BCUT2D eigenvalue weighted by Crippen LogP contribution is -2.29. The van der Waals surface area contributed by atoms with Gasteiger partial charge in [0.25, 0.3) is 0 Å². The van der Waals surface area contributed by atoms with Gasteiger partial charge in [0.05, 0.1) is 5.41 Å². The van der Waals surface area contributed by atoms with E-state index in [9.17, 15) is 4.79 Å². The summed E-state index contributed by atoms with van der Waals surface area (Å²) in [5.41, 5.74) is -0.303. The molecule has 0 amide bonds. The first-order valence-electron chi connectivity index (χ1n) is 7.27.